The lowest BCUT2D eigenvalue weighted by atomic mass is 10.0. The summed E-state index contributed by atoms with van der Waals surface area (Å²) in [5.41, 5.74) is 8.02. The molecular weight excluding hydrogens is 851 g/mol. The van der Waals surface area contributed by atoms with Gasteiger partial charge in [0.2, 0.25) is 41.4 Å². The van der Waals surface area contributed by atoms with E-state index in [1.165, 1.54) is 26.4 Å². The summed E-state index contributed by atoms with van der Waals surface area (Å²) >= 11 is 0. The average molecular weight is 910 g/mol. The van der Waals surface area contributed by atoms with E-state index in [0.717, 1.165) is 10.9 Å². The van der Waals surface area contributed by atoms with Gasteiger partial charge in [0.25, 0.3) is 0 Å². The zero-order chi connectivity index (χ0) is 47.6. The van der Waals surface area contributed by atoms with Crippen molar-refractivity contribution in [2.45, 2.75) is 108 Å². The van der Waals surface area contributed by atoms with E-state index in [0.29, 0.717) is 29.7 Å². The van der Waals surface area contributed by atoms with E-state index >= 15 is 0 Å². The molecule has 3 heterocycles. The van der Waals surface area contributed by atoms with E-state index in [1.807, 2.05) is 24.3 Å². The number of imidazole rings is 1. The van der Waals surface area contributed by atoms with Crippen molar-refractivity contribution in [3.8, 4) is 0 Å². The van der Waals surface area contributed by atoms with Gasteiger partial charge in [-0.05, 0) is 56.2 Å². The number of aromatic nitrogens is 3. The molecule has 21 heteroatoms. The lowest BCUT2D eigenvalue weighted by Gasteiger charge is -2.27. The van der Waals surface area contributed by atoms with Crippen LogP contribution < -0.4 is 48.3 Å². The quantitative estimate of drug-likeness (QED) is 0.0483. The molecule has 0 bridgehead atoms. The van der Waals surface area contributed by atoms with Crippen molar-refractivity contribution in [1.82, 2.24) is 57.5 Å². The molecule has 13 N–H and O–H groups in total. The van der Waals surface area contributed by atoms with E-state index in [1.54, 1.807) is 36.5 Å². The molecule has 352 valence electrons. The van der Waals surface area contributed by atoms with E-state index in [2.05, 4.69) is 57.5 Å². The number of para-hydroxylation sites is 1. The summed E-state index contributed by atoms with van der Waals surface area (Å²) in [7, 11) is 0. The van der Waals surface area contributed by atoms with E-state index in [4.69, 9.17) is 11.1 Å². The predicted octanol–water partition coefficient (Wildman–Crippen LogP) is -0.610. The number of hydrogen-bond donors (Lipinski definition) is 12. The Morgan fingerprint density at radius 1 is 0.758 bits per heavy atom. The van der Waals surface area contributed by atoms with Crippen LogP contribution in [0.15, 0.2) is 73.3 Å². The van der Waals surface area contributed by atoms with Gasteiger partial charge in [-0.2, -0.15) is 0 Å². The number of nitrogens with zero attached hydrogens (tertiary/aromatic N) is 1. The Bertz CT molecular complexity index is 2330. The number of Topliss-reactive ketones (excluding diaryl/α,β-unsaturated/α-hetero) is 1. The zero-order valence-electron chi connectivity index (χ0n) is 37.0. The summed E-state index contributed by atoms with van der Waals surface area (Å²) in [6, 6.07) is 8.60. The first-order valence-electron chi connectivity index (χ1n) is 21.9. The van der Waals surface area contributed by atoms with Crippen LogP contribution in [-0.2, 0) is 57.6 Å². The number of guanidine groups is 1. The van der Waals surface area contributed by atoms with E-state index in [-0.39, 0.29) is 63.4 Å². The number of carbonyl (C=O) groups is 8. The first kappa shape index (κ1) is 49.4. The number of nitrogens with two attached hydrogens (primary N) is 1. The Hall–Kier alpha value is -7.58. The minimum Gasteiger partial charge on any atom is -0.370 e. The molecule has 1 aliphatic rings. The number of hydrogen-bond acceptors (Lipinski definition) is 10. The first-order valence-corrected chi connectivity index (χ1v) is 21.9. The van der Waals surface area contributed by atoms with Gasteiger partial charge in [-0.25, -0.2) is 4.98 Å². The lowest BCUT2D eigenvalue weighted by molar-refractivity contribution is -0.135. The number of fused-ring (bicyclic) bond motifs is 1. The van der Waals surface area contributed by atoms with Crippen LogP contribution in [0.25, 0.3) is 10.9 Å². The Labute approximate surface area is 381 Å². The van der Waals surface area contributed by atoms with Crippen LogP contribution in [0.2, 0.25) is 0 Å². The minimum atomic E-state index is -1.40. The number of carbonyl (C=O) groups excluding carboxylic acids is 8. The summed E-state index contributed by atoms with van der Waals surface area (Å²) in [6.07, 6.45) is 5.13. The highest BCUT2D eigenvalue weighted by Crippen LogP contribution is 2.20. The van der Waals surface area contributed by atoms with Gasteiger partial charge in [-0.15, -0.1) is 0 Å². The molecule has 6 atom stereocenters. The van der Waals surface area contributed by atoms with Gasteiger partial charge in [0.15, 0.2) is 11.7 Å². The Kier molecular flexibility index (Phi) is 18.3. The highest BCUT2D eigenvalue weighted by Gasteiger charge is 2.34. The molecule has 5 rings (SSSR count). The molecule has 2 aromatic carbocycles. The van der Waals surface area contributed by atoms with Crippen LogP contribution in [0.1, 0.15) is 69.2 Å². The molecule has 1 fully saturated rings. The number of aromatic amines is 2. The second kappa shape index (κ2) is 24.5. The highest BCUT2D eigenvalue weighted by molar-refractivity contribution is 5.98. The smallest absolute Gasteiger partial charge is 0.243 e. The van der Waals surface area contributed by atoms with Crippen molar-refractivity contribution in [2.24, 2.45) is 5.73 Å². The number of rotatable bonds is 12. The fourth-order valence-electron chi connectivity index (χ4n) is 7.56. The number of nitrogens with one attached hydrogen (secondary N) is 11. The van der Waals surface area contributed by atoms with Gasteiger partial charge in [-0.1, -0.05) is 48.5 Å². The average Bonchev–Trinajstić information content (AvgIpc) is 3.95. The van der Waals surface area contributed by atoms with E-state index < -0.39 is 84.0 Å². The Morgan fingerprint density at radius 3 is 2.08 bits per heavy atom. The summed E-state index contributed by atoms with van der Waals surface area (Å²) in [4.78, 5) is 120. The summed E-state index contributed by atoms with van der Waals surface area (Å²) in [5, 5.41) is 30.1. The van der Waals surface area contributed by atoms with Crippen molar-refractivity contribution >= 4 is 64.0 Å². The van der Waals surface area contributed by atoms with Gasteiger partial charge in [0, 0.05) is 62.6 Å². The van der Waals surface area contributed by atoms with Crippen molar-refractivity contribution in [2.75, 3.05) is 13.1 Å². The number of benzene rings is 2. The second-order valence-corrected chi connectivity index (χ2v) is 16.2. The van der Waals surface area contributed by atoms with Crippen LogP contribution in [0.4, 0.5) is 0 Å². The molecule has 1 aliphatic heterocycles. The molecular formula is C45H59N13O8. The van der Waals surface area contributed by atoms with Crippen molar-refractivity contribution in [3.05, 3.63) is 90.1 Å². The first-order chi connectivity index (χ1) is 31.7. The molecule has 4 aromatic rings. The third-order valence-electron chi connectivity index (χ3n) is 11.0. The molecule has 0 spiro atoms. The molecule has 0 saturated carbocycles. The van der Waals surface area contributed by atoms with Gasteiger partial charge in [0.05, 0.1) is 24.5 Å². The molecule has 0 radical (unpaired) electrons. The van der Waals surface area contributed by atoms with E-state index in [9.17, 15) is 38.4 Å². The molecule has 7 amide bonds. The SMILES string of the molecule is CC(=O)N[C@H]1CC(=O)NCCCC[C@@H](C(C)=O)NC(=O)[C@H](Cc2c[nH]c3ccccc23)NC(=O)[C@H](CCCNC(=N)N)NC(=O)[C@@H](Cc2ccccc2)NC(=O)[C@H](Cc2c[nH]cn2)NC1=O. The maximum atomic E-state index is 14.5. The standard InChI is InChI=1S/C45H59N13O8/c1-26(59)32-14-8-9-17-49-39(61)22-38(53-27(2)60)44(66)58-37(21-30-24-48-25-52-30)43(65)56-35(19-28-11-4-3-5-12-28)41(63)55-34(16-10-18-50-45(46)47)40(62)57-36(42(64)54-32)20-29-23-51-33-15-7-6-13-31(29)33/h3-7,11-13,15,23-25,32,34-38,51H,8-10,14,16-22H2,1-2H3,(H,48,52)(H,49,61)(H,53,60)(H,54,64)(H,55,63)(H,56,65)(H,57,62)(H,58,66)(H4,46,47,50)/t32-,34-,35+,36-,37-,38-/m0/s1. The van der Waals surface area contributed by atoms with Gasteiger partial charge in [-0.3, -0.25) is 43.8 Å². The number of amides is 7. The van der Waals surface area contributed by atoms with Crippen molar-refractivity contribution in [3.63, 3.8) is 0 Å². The van der Waals surface area contributed by atoms with Gasteiger partial charge in [0.1, 0.15) is 30.2 Å². The predicted molar refractivity (Wildman–Crippen MR) is 243 cm³/mol. The number of H-pyrrole nitrogens is 2. The topological polar surface area (TPSA) is 327 Å². The fourth-order valence-corrected chi connectivity index (χ4v) is 7.56. The Morgan fingerprint density at radius 2 is 1.39 bits per heavy atom. The highest BCUT2D eigenvalue weighted by atomic mass is 16.2. The second-order valence-electron chi connectivity index (χ2n) is 16.2. The van der Waals surface area contributed by atoms with Crippen molar-refractivity contribution in [1.29, 1.82) is 5.41 Å². The summed E-state index contributed by atoms with van der Waals surface area (Å²) < 4.78 is 0. The monoisotopic (exact) mass is 909 g/mol. The van der Waals surface area contributed by atoms with Gasteiger partial charge < -0.3 is 58.2 Å². The molecule has 21 nitrogen and oxygen atoms in total. The third kappa shape index (κ3) is 15.3. The fraction of sp³-hybridized carbons (Fsp3) is 0.422. The maximum Gasteiger partial charge on any atom is 0.243 e. The molecule has 0 unspecified atom stereocenters. The van der Waals surface area contributed by atoms with Crippen molar-refractivity contribution < 1.29 is 38.4 Å². The zero-order valence-corrected chi connectivity index (χ0v) is 37.0. The summed E-state index contributed by atoms with van der Waals surface area (Å²) in [6.45, 7) is 2.82. The minimum absolute atomic E-state index is 0.0000788. The summed E-state index contributed by atoms with van der Waals surface area (Å²) in [5.74, 6) is -5.65. The lowest BCUT2D eigenvalue weighted by Crippen LogP contribution is -2.60. The largest absolute Gasteiger partial charge is 0.370 e. The normalized spacial score (nSPS) is 22.1. The molecule has 66 heavy (non-hydrogen) atoms. The molecule has 1 saturated heterocycles. The molecule has 2 aromatic heterocycles. The van der Waals surface area contributed by atoms with Crippen LogP contribution in [-0.4, -0.2) is 117 Å². The van der Waals surface area contributed by atoms with Crippen LogP contribution in [0.5, 0.6) is 0 Å². The van der Waals surface area contributed by atoms with Gasteiger partial charge >= 0.3 is 0 Å². The number of ketones is 1. The van der Waals surface area contributed by atoms with Crippen LogP contribution in [0, 0.1) is 5.41 Å². The maximum absolute atomic E-state index is 14.5. The Balaban J connectivity index is 1.53. The van der Waals surface area contributed by atoms with Crippen LogP contribution >= 0.6 is 0 Å². The third-order valence-corrected chi connectivity index (χ3v) is 11.0. The molecule has 0 aliphatic carbocycles. The van der Waals surface area contributed by atoms with Crippen LogP contribution in [0.3, 0.4) is 0 Å².